The third-order valence-electron chi connectivity index (χ3n) is 2.48. The van der Waals surface area contributed by atoms with Gasteiger partial charge in [-0.25, -0.2) is 4.79 Å². The first-order chi connectivity index (χ1) is 8.24. The summed E-state index contributed by atoms with van der Waals surface area (Å²) in [5.41, 5.74) is 1.63. The lowest BCUT2D eigenvalue weighted by molar-refractivity contribution is 0.0696. The van der Waals surface area contributed by atoms with E-state index in [2.05, 4.69) is 6.58 Å². The van der Waals surface area contributed by atoms with Crippen molar-refractivity contribution in [3.05, 3.63) is 60.4 Å². The lowest BCUT2D eigenvalue weighted by Crippen LogP contribution is -2.00. The molecule has 1 N–H and O–H groups in total. The van der Waals surface area contributed by atoms with Gasteiger partial charge in [0, 0.05) is 11.1 Å². The Morgan fingerprint density at radius 1 is 1.35 bits per heavy atom. The van der Waals surface area contributed by atoms with Crippen LogP contribution < -0.4 is 0 Å². The van der Waals surface area contributed by atoms with Crippen molar-refractivity contribution in [3.63, 3.8) is 0 Å². The topological polar surface area (TPSA) is 50.4 Å². The Labute approximate surface area is 99.0 Å². The maximum absolute atomic E-state index is 11.3. The van der Waals surface area contributed by atoms with Crippen LogP contribution in [0.2, 0.25) is 0 Å². The Hall–Kier alpha value is -2.29. The fourth-order valence-corrected chi connectivity index (χ4v) is 1.74. The molecule has 0 fully saturated rings. The number of furan rings is 1. The van der Waals surface area contributed by atoms with Crippen molar-refractivity contribution in [1.29, 1.82) is 0 Å². The van der Waals surface area contributed by atoms with Crippen molar-refractivity contribution in [2.24, 2.45) is 0 Å². The molecular formula is C14H12O3. The standard InChI is InChI=1S/C14H12O3/c1-2-6-11-9-17-13(12(11)14(15)16)10-7-4-3-5-8-10/h2-5,7-9H,1,6H2,(H,15,16). The fourth-order valence-electron chi connectivity index (χ4n) is 1.74. The molecule has 0 radical (unpaired) electrons. The second-order valence-electron chi connectivity index (χ2n) is 3.63. The summed E-state index contributed by atoms with van der Waals surface area (Å²) in [5.74, 6) is -0.579. The Balaban J connectivity index is 2.55. The molecule has 1 heterocycles. The lowest BCUT2D eigenvalue weighted by atomic mass is 10.0. The van der Waals surface area contributed by atoms with Gasteiger partial charge >= 0.3 is 5.97 Å². The third kappa shape index (κ3) is 2.13. The van der Waals surface area contributed by atoms with Gasteiger partial charge in [0.25, 0.3) is 0 Å². The number of rotatable bonds is 4. The minimum absolute atomic E-state index is 0.219. The summed E-state index contributed by atoms with van der Waals surface area (Å²) in [5, 5.41) is 9.23. The van der Waals surface area contributed by atoms with Crippen LogP contribution >= 0.6 is 0 Å². The van der Waals surface area contributed by atoms with Crippen LogP contribution in [0.5, 0.6) is 0 Å². The molecule has 0 bridgehead atoms. The highest BCUT2D eigenvalue weighted by molar-refractivity contribution is 5.96. The number of hydrogen-bond donors (Lipinski definition) is 1. The van der Waals surface area contributed by atoms with Crippen LogP contribution in [0, 0.1) is 0 Å². The summed E-state index contributed by atoms with van der Waals surface area (Å²) in [4.78, 5) is 11.3. The van der Waals surface area contributed by atoms with Gasteiger partial charge in [-0.3, -0.25) is 0 Å². The zero-order chi connectivity index (χ0) is 12.3. The molecule has 2 aromatic rings. The predicted octanol–water partition coefficient (Wildman–Crippen LogP) is 3.37. The van der Waals surface area contributed by atoms with Crippen LogP contribution in [-0.2, 0) is 6.42 Å². The molecule has 0 saturated carbocycles. The van der Waals surface area contributed by atoms with E-state index in [9.17, 15) is 9.90 Å². The molecule has 0 saturated heterocycles. The van der Waals surface area contributed by atoms with Crippen LogP contribution in [0.15, 0.2) is 53.7 Å². The van der Waals surface area contributed by atoms with Gasteiger partial charge in [-0.05, 0) is 6.42 Å². The molecule has 0 amide bonds. The van der Waals surface area contributed by atoms with E-state index in [0.717, 1.165) is 5.56 Å². The fraction of sp³-hybridized carbons (Fsp3) is 0.0714. The van der Waals surface area contributed by atoms with Crippen molar-refractivity contribution >= 4 is 5.97 Å². The monoisotopic (exact) mass is 228 g/mol. The summed E-state index contributed by atoms with van der Waals surface area (Å²) in [6.07, 6.45) is 3.62. The number of aromatic carboxylic acids is 1. The second-order valence-corrected chi connectivity index (χ2v) is 3.63. The van der Waals surface area contributed by atoms with Gasteiger partial charge in [0.05, 0.1) is 6.26 Å². The first-order valence-electron chi connectivity index (χ1n) is 5.24. The van der Waals surface area contributed by atoms with Crippen LogP contribution in [0.4, 0.5) is 0 Å². The van der Waals surface area contributed by atoms with E-state index in [1.54, 1.807) is 6.08 Å². The first-order valence-corrected chi connectivity index (χ1v) is 5.24. The van der Waals surface area contributed by atoms with Gasteiger partial charge in [-0.1, -0.05) is 36.4 Å². The van der Waals surface area contributed by atoms with Crippen LogP contribution in [0.25, 0.3) is 11.3 Å². The minimum Gasteiger partial charge on any atom is -0.478 e. The van der Waals surface area contributed by atoms with E-state index < -0.39 is 5.97 Å². The molecule has 0 aliphatic heterocycles. The highest BCUT2D eigenvalue weighted by Gasteiger charge is 2.20. The summed E-state index contributed by atoms with van der Waals surface area (Å²) in [7, 11) is 0. The van der Waals surface area contributed by atoms with E-state index in [4.69, 9.17) is 4.42 Å². The quantitative estimate of drug-likeness (QED) is 0.816. The predicted molar refractivity (Wildman–Crippen MR) is 65.0 cm³/mol. The Morgan fingerprint density at radius 2 is 2.06 bits per heavy atom. The van der Waals surface area contributed by atoms with Crippen molar-refractivity contribution in [1.82, 2.24) is 0 Å². The van der Waals surface area contributed by atoms with Crippen molar-refractivity contribution in [3.8, 4) is 11.3 Å². The Morgan fingerprint density at radius 3 is 2.65 bits per heavy atom. The summed E-state index contributed by atoms with van der Waals surface area (Å²) >= 11 is 0. The molecule has 1 aromatic heterocycles. The molecule has 3 nitrogen and oxygen atoms in total. The smallest absolute Gasteiger partial charge is 0.339 e. The zero-order valence-electron chi connectivity index (χ0n) is 9.22. The molecule has 0 aliphatic rings. The SMILES string of the molecule is C=CCc1coc(-c2ccccc2)c1C(=O)O. The molecule has 3 heteroatoms. The largest absolute Gasteiger partial charge is 0.478 e. The van der Waals surface area contributed by atoms with Crippen molar-refractivity contribution < 1.29 is 14.3 Å². The molecule has 17 heavy (non-hydrogen) atoms. The van der Waals surface area contributed by atoms with Crippen LogP contribution in [-0.4, -0.2) is 11.1 Å². The first kappa shape index (κ1) is 11.2. The summed E-state index contributed by atoms with van der Waals surface area (Å²) in [6.45, 7) is 3.60. The van der Waals surface area contributed by atoms with E-state index >= 15 is 0 Å². The van der Waals surface area contributed by atoms with E-state index in [-0.39, 0.29) is 5.56 Å². The molecule has 0 spiro atoms. The highest BCUT2D eigenvalue weighted by atomic mass is 16.4. The number of benzene rings is 1. The van der Waals surface area contributed by atoms with E-state index in [1.165, 1.54) is 6.26 Å². The Kier molecular flexibility index (Phi) is 3.10. The van der Waals surface area contributed by atoms with Crippen LogP contribution in [0.3, 0.4) is 0 Å². The van der Waals surface area contributed by atoms with Gasteiger partial charge in [-0.15, -0.1) is 6.58 Å². The zero-order valence-corrected chi connectivity index (χ0v) is 9.22. The number of hydrogen-bond acceptors (Lipinski definition) is 2. The van der Waals surface area contributed by atoms with Gasteiger partial charge in [0.15, 0.2) is 0 Å². The lowest BCUT2D eigenvalue weighted by Gasteiger charge is -1.99. The highest BCUT2D eigenvalue weighted by Crippen LogP contribution is 2.28. The van der Waals surface area contributed by atoms with Gasteiger partial charge in [0.1, 0.15) is 11.3 Å². The van der Waals surface area contributed by atoms with Gasteiger partial charge in [-0.2, -0.15) is 0 Å². The normalized spacial score (nSPS) is 10.1. The maximum Gasteiger partial charge on any atom is 0.339 e. The van der Waals surface area contributed by atoms with Crippen LogP contribution in [0.1, 0.15) is 15.9 Å². The van der Waals surface area contributed by atoms with E-state index in [0.29, 0.717) is 17.7 Å². The van der Waals surface area contributed by atoms with Gasteiger partial charge < -0.3 is 9.52 Å². The molecule has 0 unspecified atom stereocenters. The number of carboxylic acids is 1. The van der Waals surface area contributed by atoms with Crippen molar-refractivity contribution in [2.75, 3.05) is 0 Å². The maximum atomic E-state index is 11.3. The molecule has 0 atom stereocenters. The minimum atomic E-state index is -0.977. The summed E-state index contributed by atoms with van der Waals surface area (Å²) in [6, 6.07) is 9.21. The number of carbonyl (C=O) groups is 1. The molecule has 86 valence electrons. The molecule has 1 aromatic carbocycles. The second kappa shape index (κ2) is 4.70. The molecule has 0 aliphatic carbocycles. The molecule has 2 rings (SSSR count). The number of allylic oxidation sites excluding steroid dienone is 1. The average Bonchev–Trinajstić information content (AvgIpc) is 2.74. The Bertz CT molecular complexity index is 538. The third-order valence-corrected chi connectivity index (χ3v) is 2.48. The van der Waals surface area contributed by atoms with E-state index in [1.807, 2.05) is 30.3 Å². The van der Waals surface area contributed by atoms with Crippen molar-refractivity contribution in [2.45, 2.75) is 6.42 Å². The number of carboxylic acid groups (broad SMARTS) is 1. The average molecular weight is 228 g/mol. The van der Waals surface area contributed by atoms with Gasteiger partial charge in [0.2, 0.25) is 0 Å². The molecular weight excluding hydrogens is 216 g/mol. The summed E-state index contributed by atoms with van der Waals surface area (Å²) < 4.78 is 5.37.